The summed E-state index contributed by atoms with van der Waals surface area (Å²) in [4.78, 5) is 18.4. The first-order valence-electron chi connectivity index (χ1n) is 17.4. The van der Waals surface area contributed by atoms with Crippen LogP contribution in [-0.2, 0) is 52.2 Å². The van der Waals surface area contributed by atoms with Crippen molar-refractivity contribution in [2.24, 2.45) is 28.2 Å². The van der Waals surface area contributed by atoms with E-state index in [1.165, 1.54) is 0 Å². The summed E-state index contributed by atoms with van der Waals surface area (Å²) in [5.41, 5.74) is 15.9. The third-order valence-corrected chi connectivity index (χ3v) is 9.82. The van der Waals surface area contributed by atoms with Gasteiger partial charge in [-0.1, -0.05) is 0 Å². The Hall–Kier alpha value is -6.26. The molecular weight excluding hydrogens is 707 g/mol. The second-order valence-electron chi connectivity index (χ2n) is 13.5. The normalized spacial score (nSPS) is 11.6. The zero-order chi connectivity index (χ0) is 35.3. The van der Waals surface area contributed by atoms with E-state index in [1.807, 2.05) is 46.5 Å². The van der Waals surface area contributed by atoms with E-state index in [0.29, 0.717) is 0 Å². The summed E-state index contributed by atoms with van der Waals surface area (Å²) in [6.07, 6.45) is 25.2. The Morgan fingerprint density at radius 1 is 0.352 bits per heavy atom. The van der Waals surface area contributed by atoms with Gasteiger partial charge in [-0.15, -0.1) is 0 Å². The minimum atomic E-state index is 0. The summed E-state index contributed by atoms with van der Waals surface area (Å²) in [6.45, 7) is 0. The van der Waals surface area contributed by atoms with Gasteiger partial charge in [0, 0.05) is 92.9 Å². The Morgan fingerprint density at radius 3 is 0.759 bits per heavy atom. The number of aryl methyl sites for hydroxylation is 4. The molecule has 0 aromatic carbocycles. The maximum Gasteiger partial charge on any atom is 4.00 e. The molecule has 2 aliphatic heterocycles. The van der Waals surface area contributed by atoms with Gasteiger partial charge in [-0.25, -0.2) is 28.2 Å². The molecule has 259 valence electrons. The number of hydrogen-bond donors (Lipinski definition) is 2. The van der Waals surface area contributed by atoms with Crippen LogP contribution in [0.3, 0.4) is 0 Å². The monoisotopic (exact) mass is 745 g/mol. The number of nitrogens with zero attached hydrogens (tertiary/aromatic N) is 6. The molecule has 0 atom stereocenters. The predicted molar refractivity (Wildman–Crippen MR) is 206 cm³/mol. The molecule has 0 amide bonds. The molecule has 7 aromatic heterocycles. The number of hydrogen-bond acceptors (Lipinski definition) is 2. The molecule has 9 heterocycles. The van der Waals surface area contributed by atoms with Gasteiger partial charge in [-0.05, 0) is 70.8 Å². The van der Waals surface area contributed by atoms with Crippen LogP contribution in [0, 0.1) is 0 Å². The molecule has 0 fully saturated rings. The van der Waals surface area contributed by atoms with Crippen LogP contribution in [0.15, 0.2) is 122 Å². The van der Waals surface area contributed by atoms with Crippen LogP contribution < -0.4 is 18.3 Å². The van der Waals surface area contributed by atoms with Crippen molar-refractivity contribution in [1.82, 2.24) is 19.9 Å². The summed E-state index contributed by atoms with van der Waals surface area (Å²) < 4.78 is 8.20. The maximum absolute atomic E-state index is 5.39. The second kappa shape index (κ2) is 14.6. The number of pyridine rings is 4. The summed E-state index contributed by atoms with van der Waals surface area (Å²) in [7, 11) is 8.14. The van der Waals surface area contributed by atoms with Gasteiger partial charge in [-0.2, -0.15) is 0 Å². The Kier molecular flexibility index (Phi) is 9.79. The molecule has 2 aliphatic rings. The number of rotatable bonds is 4. The topological polar surface area (TPSA) is 101 Å². The Labute approximate surface area is 325 Å². The Morgan fingerprint density at radius 2 is 0.556 bits per heavy atom. The van der Waals surface area contributed by atoms with Crippen LogP contribution in [0.5, 0.6) is 0 Å². The van der Waals surface area contributed by atoms with Crippen molar-refractivity contribution in [1.29, 1.82) is 0 Å². The minimum Gasteiger partial charge on any atom is -2.00 e. The van der Waals surface area contributed by atoms with Gasteiger partial charge in [0.25, 0.3) is 0 Å². The fraction of sp³-hybridized carbons (Fsp3) is 0.0909. The van der Waals surface area contributed by atoms with E-state index < -0.39 is 0 Å². The van der Waals surface area contributed by atoms with Gasteiger partial charge in [0.15, 0.2) is 49.6 Å². The number of H-pyrrole nitrogens is 2. The third-order valence-electron chi connectivity index (χ3n) is 9.82. The van der Waals surface area contributed by atoms with E-state index in [1.54, 1.807) is 0 Å². The molecule has 10 heteroatoms. The maximum atomic E-state index is 5.39. The minimum absolute atomic E-state index is 0. The van der Waals surface area contributed by atoms with Crippen LogP contribution in [-0.4, -0.2) is 19.9 Å². The molecule has 7 aromatic rings. The van der Waals surface area contributed by atoms with Gasteiger partial charge in [0.05, 0.1) is 22.8 Å². The van der Waals surface area contributed by atoms with E-state index in [9.17, 15) is 0 Å². The molecule has 2 N–H and O–H groups in total. The van der Waals surface area contributed by atoms with E-state index in [4.69, 9.17) is 9.97 Å². The molecule has 0 saturated heterocycles. The largest absolute Gasteiger partial charge is 4.00 e. The second-order valence-corrected chi connectivity index (χ2v) is 13.5. The predicted octanol–water partition coefficient (Wildman–Crippen LogP) is 6.50. The van der Waals surface area contributed by atoms with Gasteiger partial charge in [-0.3, -0.25) is 0 Å². The number of aromatic nitrogens is 8. The number of nitrogens with one attached hydrogen (secondary N) is 2. The molecule has 9 nitrogen and oxygen atoms in total. The quantitative estimate of drug-likeness (QED) is 0.201. The van der Waals surface area contributed by atoms with Crippen molar-refractivity contribution < 1.29 is 42.3 Å². The van der Waals surface area contributed by atoms with Crippen LogP contribution in [0.4, 0.5) is 0 Å². The first-order valence-corrected chi connectivity index (χ1v) is 17.4. The smallest absolute Gasteiger partial charge is 2.00 e. The van der Waals surface area contributed by atoms with Crippen LogP contribution in [0.2, 0.25) is 0 Å². The summed E-state index contributed by atoms with van der Waals surface area (Å²) in [6, 6.07) is 25.8. The van der Waals surface area contributed by atoms with Crippen molar-refractivity contribution in [2.45, 2.75) is 0 Å². The Bertz CT molecular complexity index is 2370. The molecule has 9 rings (SSSR count). The van der Waals surface area contributed by atoms with E-state index in [-0.39, 0.29) is 24.0 Å². The van der Waals surface area contributed by atoms with E-state index in [0.717, 1.165) is 89.4 Å². The van der Waals surface area contributed by atoms with Crippen LogP contribution >= 0.6 is 0 Å². The van der Waals surface area contributed by atoms with Crippen LogP contribution in [0.1, 0.15) is 22.8 Å². The zero-order valence-corrected chi connectivity index (χ0v) is 31.8. The molecular formula is C44H38N8OV+6. The first-order chi connectivity index (χ1) is 25.4. The zero-order valence-electron chi connectivity index (χ0n) is 30.4. The molecule has 0 aliphatic carbocycles. The molecule has 8 bridgehead atoms. The van der Waals surface area contributed by atoms with Crippen molar-refractivity contribution in [3.8, 4) is 44.5 Å². The van der Waals surface area contributed by atoms with Crippen molar-refractivity contribution in [3.63, 3.8) is 0 Å². The third kappa shape index (κ3) is 6.61. The molecule has 0 saturated carbocycles. The number of fused-ring (bicyclic) bond motifs is 8. The van der Waals surface area contributed by atoms with Crippen molar-refractivity contribution >= 4 is 46.4 Å². The summed E-state index contributed by atoms with van der Waals surface area (Å²) in [5.74, 6) is 0. The van der Waals surface area contributed by atoms with Crippen molar-refractivity contribution in [3.05, 3.63) is 145 Å². The molecule has 0 unspecified atom stereocenters. The van der Waals surface area contributed by atoms with Gasteiger partial charge in [0.1, 0.15) is 28.2 Å². The SMILES string of the molecule is C[n+]1ccc(-c2c3nc(c(-c4cc[n+](C)cc4)c4ccc([nH]4)c(-c4cc[n+](C)cc4)c4nc(c(-c5cc[n+](C)cc5)c5ccc2[nH]5)C=C4)C=C3)cc1.[O-2].[V+4]. The molecule has 54 heavy (non-hydrogen) atoms. The van der Waals surface area contributed by atoms with Crippen molar-refractivity contribution in [2.75, 3.05) is 0 Å². The average Bonchev–Trinajstić information content (AvgIpc) is 3.99. The van der Waals surface area contributed by atoms with E-state index >= 15 is 0 Å². The van der Waals surface area contributed by atoms with Crippen LogP contribution in [0.25, 0.3) is 90.9 Å². The fourth-order valence-electron chi connectivity index (χ4n) is 7.09. The Balaban J connectivity index is 0.00000225. The standard InChI is InChI=1S/C44H37N8.O.V/c1-49-21-13-29(14-22-49)41-33-5-7-35(45-33)42(30-15-23-50(2)24-16-30)37-9-11-39(47-37)44(32-19-27-52(4)28-20-32)40-12-10-38(48-40)43(36-8-6-34(41)46-36)31-17-25-51(3)26-18-31;;/h5-28H,1-4H3,(H,45,46,47,48);;/q+3;-2;+4/p+1. The first kappa shape index (κ1) is 36.1. The number of aromatic amines is 2. The summed E-state index contributed by atoms with van der Waals surface area (Å²) in [5, 5.41) is 0. The average molecular weight is 746 g/mol. The van der Waals surface area contributed by atoms with Gasteiger partial charge in [0.2, 0.25) is 0 Å². The fourth-order valence-corrected chi connectivity index (χ4v) is 7.09. The van der Waals surface area contributed by atoms with E-state index in [2.05, 4.69) is 157 Å². The molecule has 1 radical (unpaired) electrons. The van der Waals surface area contributed by atoms with Gasteiger partial charge < -0.3 is 15.4 Å². The van der Waals surface area contributed by atoms with Gasteiger partial charge >= 0.3 is 18.6 Å². The summed E-state index contributed by atoms with van der Waals surface area (Å²) >= 11 is 0. The molecule has 0 spiro atoms.